The molecule has 0 aromatic heterocycles. The Hall–Kier alpha value is -3.22. The molecule has 2 amide bonds. The van der Waals surface area contributed by atoms with Crippen LogP contribution in [0.1, 0.15) is 61.1 Å². The number of amides is 2. The molecular weight excluding hydrogens is 408 g/mol. The Labute approximate surface area is 188 Å². The topological polar surface area (TPSA) is 77.1 Å². The third-order valence-electron chi connectivity index (χ3n) is 5.50. The first-order chi connectivity index (χ1) is 15.3. The van der Waals surface area contributed by atoms with Crippen molar-refractivity contribution in [2.75, 3.05) is 19.8 Å². The Balaban J connectivity index is 1.40. The summed E-state index contributed by atoms with van der Waals surface area (Å²) in [6, 6.07) is 13.3. The maximum atomic E-state index is 13.2. The largest absolute Gasteiger partial charge is 0.486 e. The normalized spacial score (nSPS) is 17.7. The second-order valence-corrected chi connectivity index (χ2v) is 9.11. The van der Waals surface area contributed by atoms with Crippen LogP contribution in [0, 0.1) is 0 Å². The van der Waals surface area contributed by atoms with Crippen LogP contribution < -0.4 is 14.8 Å². The molecule has 1 N–H and O–H groups in total. The zero-order valence-electron chi connectivity index (χ0n) is 18.8. The Bertz CT molecular complexity index is 981. The molecule has 0 bridgehead atoms. The average molecular weight is 439 g/mol. The summed E-state index contributed by atoms with van der Waals surface area (Å²) in [4.78, 5) is 27.0. The van der Waals surface area contributed by atoms with Gasteiger partial charge in [-0.15, -0.1) is 0 Å². The predicted molar refractivity (Wildman–Crippen MR) is 120 cm³/mol. The lowest BCUT2D eigenvalue weighted by atomic mass is 10.0. The Morgan fingerprint density at radius 3 is 2.50 bits per heavy atom. The highest BCUT2D eigenvalue weighted by Gasteiger charge is 2.31. The van der Waals surface area contributed by atoms with Gasteiger partial charge in [-0.05, 0) is 69.0 Å². The van der Waals surface area contributed by atoms with Crippen molar-refractivity contribution in [2.24, 2.45) is 0 Å². The van der Waals surface area contributed by atoms with Crippen molar-refractivity contribution in [3.63, 3.8) is 0 Å². The third-order valence-corrected chi connectivity index (χ3v) is 5.50. The molecule has 7 heteroatoms. The molecule has 2 heterocycles. The Morgan fingerprint density at radius 1 is 1.06 bits per heavy atom. The summed E-state index contributed by atoms with van der Waals surface area (Å²) in [5.41, 5.74) is 2.06. The maximum absolute atomic E-state index is 13.2. The molecule has 32 heavy (non-hydrogen) atoms. The van der Waals surface area contributed by atoms with Crippen molar-refractivity contribution < 1.29 is 23.8 Å². The molecule has 170 valence electrons. The van der Waals surface area contributed by atoms with E-state index >= 15 is 0 Å². The van der Waals surface area contributed by atoms with Crippen molar-refractivity contribution in [3.8, 4) is 11.5 Å². The highest BCUT2D eigenvalue weighted by molar-refractivity contribution is 5.94. The number of carbonyl (C=O) groups excluding carboxylic acids is 2. The van der Waals surface area contributed by atoms with Crippen LogP contribution in [0.3, 0.4) is 0 Å². The van der Waals surface area contributed by atoms with Gasteiger partial charge in [0, 0.05) is 18.7 Å². The van der Waals surface area contributed by atoms with E-state index in [1.54, 1.807) is 0 Å². The van der Waals surface area contributed by atoms with Crippen molar-refractivity contribution in [1.29, 1.82) is 0 Å². The molecular formula is C25H30N2O5. The number of rotatable bonds is 4. The van der Waals surface area contributed by atoms with Crippen LogP contribution in [0.2, 0.25) is 0 Å². The van der Waals surface area contributed by atoms with Crippen LogP contribution in [0.4, 0.5) is 4.79 Å². The maximum Gasteiger partial charge on any atom is 0.407 e. The molecule has 1 atom stereocenters. The van der Waals surface area contributed by atoms with Crippen LogP contribution >= 0.6 is 0 Å². The lowest BCUT2D eigenvalue weighted by Crippen LogP contribution is -2.32. The fraction of sp³-hybridized carbons (Fsp3) is 0.440. The number of ether oxygens (including phenoxy) is 3. The minimum atomic E-state index is -0.538. The van der Waals surface area contributed by atoms with Crippen LogP contribution in [-0.4, -0.2) is 42.3 Å². The van der Waals surface area contributed by atoms with Gasteiger partial charge >= 0.3 is 6.09 Å². The Kier molecular flexibility index (Phi) is 6.26. The second kappa shape index (κ2) is 9.10. The van der Waals surface area contributed by atoms with Gasteiger partial charge < -0.3 is 24.4 Å². The fourth-order valence-corrected chi connectivity index (χ4v) is 4.04. The summed E-state index contributed by atoms with van der Waals surface area (Å²) in [5, 5.41) is 2.73. The van der Waals surface area contributed by atoms with Crippen LogP contribution in [0.15, 0.2) is 42.5 Å². The highest BCUT2D eigenvalue weighted by atomic mass is 16.6. The number of nitrogens with one attached hydrogen (secondary N) is 1. The van der Waals surface area contributed by atoms with Gasteiger partial charge in [-0.25, -0.2) is 4.79 Å². The van der Waals surface area contributed by atoms with E-state index in [4.69, 9.17) is 14.2 Å². The molecule has 2 aromatic carbocycles. The van der Waals surface area contributed by atoms with E-state index in [0.717, 1.165) is 42.0 Å². The van der Waals surface area contributed by atoms with Crippen molar-refractivity contribution in [3.05, 3.63) is 59.2 Å². The predicted octanol–water partition coefficient (Wildman–Crippen LogP) is 4.46. The zero-order chi connectivity index (χ0) is 22.7. The van der Waals surface area contributed by atoms with E-state index < -0.39 is 11.7 Å². The van der Waals surface area contributed by atoms with E-state index in [9.17, 15) is 9.59 Å². The number of hydrogen-bond donors (Lipinski definition) is 1. The van der Waals surface area contributed by atoms with E-state index in [0.29, 0.717) is 25.3 Å². The summed E-state index contributed by atoms with van der Waals surface area (Å²) in [5.74, 6) is 1.51. The summed E-state index contributed by atoms with van der Waals surface area (Å²) in [6.45, 7) is 7.63. The van der Waals surface area contributed by atoms with Gasteiger partial charge in [-0.2, -0.15) is 0 Å². The minimum absolute atomic E-state index is 0.00837. The molecule has 4 rings (SSSR count). The number of hydrogen-bond acceptors (Lipinski definition) is 5. The first-order valence-electron chi connectivity index (χ1n) is 11.1. The van der Waals surface area contributed by atoms with E-state index in [-0.39, 0.29) is 11.9 Å². The molecule has 0 radical (unpaired) electrons. The van der Waals surface area contributed by atoms with Gasteiger partial charge in [0.15, 0.2) is 11.5 Å². The highest BCUT2D eigenvalue weighted by Crippen LogP contribution is 2.38. The fourth-order valence-electron chi connectivity index (χ4n) is 4.04. The van der Waals surface area contributed by atoms with Gasteiger partial charge in [0.1, 0.15) is 18.8 Å². The lowest BCUT2D eigenvalue weighted by Gasteiger charge is -2.27. The summed E-state index contributed by atoms with van der Waals surface area (Å²) in [6.07, 6.45) is 1.42. The molecule has 2 aromatic rings. The molecule has 1 fully saturated rings. The minimum Gasteiger partial charge on any atom is -0.486 e. The van der Waals surface area contributed by atoms with Crippen LogP contribution in [0.25, 0.3) is 0 Å². The quantitative estimate of drug-likeness (QED) is 0.763. The molecule has 0 saturated carbocycles. The lowest BCUT2D eigenvalue weighted by molar-refractivity contribution is 0.0523. The van der Waals surface area contributed by atoms with Crippen molar-refractivity contribution in [1.82, 2.24) is 10.2 Å². The van der Waals surface area contributed by atoms with Gasteiger partial charge in [-0.3, -0.25) is 4.79 Å². The van der Waals surface area contributed by atoms with Crippen LogP contribution in [0.5, 0.6) is 11.5 Å². The standard InChI is InChI=1S/C25H30N2O5/c1-25(2,3)32-24(29)26-16-17-6-8-18(9-7-17)23(28)27-12-4-5-20(27)19-10-11-21-22(15-19)31-14-13-30-21/h6-11,15,20H,4-5,12-14,16H2,1-3H3,(H,26,29)/t20-/m0/s1. The number of carbonyl (C=O) groups is 2. The van der Waals surface area contributed by atoms with Gasteiger partial charge in [0.25, 0.3) is 5.91 Å². The Morgan fingerprint density at radius 2 is 1.78 bits per heavy atom. The molecule has 1 saturated heterocycles. The van der Waals surface area contributed by atoms with Gasteiger partial charge in [0.2, 0.25) is 0 Å². The molecule has 0 aliphatic carbocycles. The summed E-state index contributed by atoms with van der Waals surface area (Å²) >= 11 is 0. The molecule has 2 aliphatic heterocycles. The zero-order valence-corrected chi connectivity index (χ0v) is 18.8. The molecule has 0 spiro atoms. The van der Waals surface area contributed by atoms with Crippen molar-refractivity contribution >= 4 is 12.0 Å². The first kappa shape index (κ1) is 22.0. The molecule has 2 aliphatic rings. The SMILES string of the molecule is CC(C)(C)OC(=O)NCc1ccc(C(=O)N2CCC[C@H]2c2ccc3c(c2)OCCO3)cc1. The number of benzene rings is 2. The second-order valence-electron chi connectivity index (χ2n) is 9.11. The average Bonchev–Trinajstić information content (AvgIpc) is 3.26. The number of fused-ring (bicyclic) bond motifs is 1. The smallest absolute Gasteiger partial charge is 0.407 e. The van der Waals surface area contributed by atoms with E-state index in [1.165, 1.54) is 0 Å². The number of nitrogens with zero attached hydrogens (tertiary/aromatic N) is 1. The monoisotopic (exact) mass is 438 g/mol. The van der Waals surface area contributed by atoms with E-state index in [2.05, 4.69) is 5.32 Å². The summed E-state index contributed by atoms with van der Waals surface area (Å²) < 4.78 is 16.6. The van der Waals surface area contributed by atoms with Crippen molar-refractivity contribution in [2.45, 2.75) is 51.8 Å². The molecule has 0 unspecified atom stereocenters. The van der Waals surface area contributed by atoms with Gasteiger partial charge in [-0.1, -0.05) is 18.2 Å². The van der Waals surface area contributed by atoms with E-state index in [1.807, 2.05) is 68.1 Å². The van der Waals surface area contributed by atoms with Gasteiger partial charge in [0.05, 0.1) is 6.04 Å². The summed E-state index contributed by atoms with van der Waals surface area (Å²) in [7, 11) is 0. The van der Waals surface area contributed by atoms with Crippen LogP contribution in [-0.2, 0) is 11.3 Å². The third kappa shape index (κ3) is 5.15. The first-order valence-corrected chi connectivity index (χ1v) is 11.1. The number of likely N-dealkylation sites (tertiary alicyclic amines) is 1. The molecule has 7 nitrogen and oxygen atoms in total. The number of alkyl carbamates (subject to hydrolysis) is 1.